The van der Waals surface area contributed by atoms with E-state index >= 15 is 0 Å². The van der Waals surface area contributed by atoms with Gasteiger partial charge in [0.25, 0.3) is 5.89 Å². The maximum atomic E-state index is 12.1. The van der Waals surface area contributed by atoms with Crippen LogP contribution in [0.2, 0.25) is 0 Å². The number of nitrogens with zero attached hydrogens (tertiary/aromatic N) is 2. The van der Waals surface area contributed by atoms with Gasteiger partial charge in [0.2, 0.25) is 5.89 Å². The molecule has 6 heteroatoms. The fourth-order valence-corrected chi connectivity index (χ4v) is 3.13. The topological polar surface area (TPSA) is 74.5 Å². The van der Waals surface area contributed by atoms with Crippen molar-refractivity contribution in [3.05, 3.63) is 101 Å². The van der Waals surface area contributed by atoms with Crippen LogP contribution in [-0.2, 0) is 22.6 Å². The van der Waals surface area contributed by atoms with Gasteiger partial charge in [-0.1, -0.05) is 66.2 Å². The second-order valence-electron chi connectivity index (χ2n) is 7.09. The fraction of sp³-hybridized carbons (Fsp3) is 0.160. The second-order valence-corrected chi connectivity index (χ2v) is 7.09. The summed E-state index contributed by atoms with van der Waals surface area (Å²) in [5.41, 5.74) is 4.08. The van der Waals surface area contributed by atoms with Gasteiger partial charge in [-0.15, -0.1) is 10.2 Å². The minimum atomic E-state index is -0.509. The SMILES string of the molecule is Cc1cccc(-c2nnc(COC(=O)COc3ccccc3Cc3ccccc3)o2)c1. The molecule has 31 heavy (non-hydrogen) atoms. The van der Waals surface area contributed by atoms with Gasteiger partial charge in [-0.2, -0.15) is 0 Å². The smallest absolute Gasteiger partial charge is 0.344 e. The quantitative estimate of drug-likeness (QED) is 0.387. The van der Waals surface area contributed by atoms with Gasteiger partial charge in [-0.3, -0.25) is 0 Å². The van der Waals surface area contributed by atoms with Gasteiger partial charge in [0.1, 0.15) is 5.75 Å². The summed E-state index contributed by atoms with van der Waals surface area (Å²) in [5, 5.41) is 7.95. The van der Waals surface area contributed by atoms with Crippen LogP contribution in [0.4, 0.5) is 0 Å². The molecule has 4 aromatic rings. The maximum absolute atomic E-state index is 12.1. The molecule has 0 saturated heterocycles. The number of para-hydroxylation sites is 1. The Bertz CT molecular complexity index is 1150. The van der Waals surface area contributed by atoms with Crippen LogP contribution < -0.4 is 4.74 Å². The average Bonchev–Trinajstić information content (AvgIpc) is 3.27. The molecule has 0 atom stereocenters. The predicted molar refractivity (Wildman–Crippen MR) is 115 cm³/mol. The normalized spacial score (nSPS) is 10.6. The molecular formula is C25H22N2O4. The van der Waals surface area contributed by atoms with Crippen LogP contribution in [0.15, 0.2) is 83.3 Å². The van der Waals surface area contributed by atoms with E-state index in [0.29, 0.717) is 11.6 Å². The van der Waals surface area contributed by atoms with Crippen LogP contribution in [0.5, 0.6) is 5.75 Å². The monoisotopic (exact) mass is 414 g/mol. The van der Waals surface area contributed by atoms with Crippen LogP contribution in [-0.4, -0.2) is 22.8 Å². The van der Waals surface area contributed by atoms with E-state index < -0.39 is 5.97 Å². The number of benzene rings is 3. The first-order valence-corrected chi connectivity index (χ1v) is 9.97. The zero-order valence-electron chi connectivity index (χ0n) is 17.2. The Morgan fingerprint density at radius 1 is 0.935 bits per heavy atom. The molecule has 0 radical (unpaired) electrons. The molecule has 0 bridgehead atoms. The number of aromatic nitrogens is 2. The third-order valence-corrected chi connectivity index (χ3v) is 4.64. The lowest BCUT2D eigenvalue weighted by molar-refractivity contribution is -0.148. The molecule has 4 rings (SSSR count). The van der Waals surface area contributed by atoms with Gasteiger partial charge in [-0.05, 0) is 36.2 Å². The molecule has 0 amide bonds. The zero-order chi connectivity index (χ0) is 21.5. The highest BCUT2D eigenvalue weighted by Crippen LogP contribution is 2.22. The first-order valence-electron chi connectivity index (χ1n) is 9.97. The summed E-state index contributed by atoms with van der Waals surface area (Å²) >= 11 is 0. The predicted octanol–water partition coefficient (Wildman–Crippen LogP) is 4.76. The standard InChI is InChI=1S/C25H22N2O4/c1-18-8-7-12-21(14-18)25-27-26-23(31-25)16-30-24(28)17-29-22-13-6-5-11-20(22)15-19-9-3-2-4-10-19/h2-14H,15-17H2,1H3. The number of carbonyl (C=O) groups excluding carboxylic acids is 1. The lowest BCUT2D eigenvalue weighted by Gasteiger charge is -2.11. The van der Waals surface area contributed by atoms with Crippen molar-refractivity contribution < 1.29 is 18.7 Å². The highest BCUT2D eigenvalue weighted by atomic mass is 16.6. The summed E-state index contributed by atoms with van der Waals surface area (Å²) in [5.74, 6) is 0.766. The zero-order valence-corrected chi connectivity index (χ0v) is 17.2. The van der Waals surface area contributed by atoms with Crippen molar-refractivity contribution >= 4 is 5.97 Å². The van der Waals surface area contributed by atoms with Crippen molar-refractivity contribution in [3.63, 3.8) is 0 Å². The van der Waals surface area contributed by atoms with Crippen LogP contribution in [0.1, 0.15) is 22.6 Å². The minimum Gasteiger partial charge on any atom is -0.482 e. The van der Waals surface area contributed by atoms with E-state index in [0.717, 1.165) is 23.1 Å². The Morgan fingerprint density at radius 3 is 2.58 bits per heavy atom. The van der Waals surface area contributed by atoms with E-state index in [9.17, 15) is 4.79 Å². The van der Waals surface area contributed by atoms with E-state index in [2.05, 4.69) is 22.3 Å². The molecule has 3 aromatic carbocycles. The molecule has 0 saturated carbocycles. The van der Waals surface area contributed by atoms with Crippen molar-refractivity contribution in [2.24, 2.45) is 0 Å². The molecular weight excluding hydrogens is 392 g/mol. The van der Waals surface area contributed by atoms with E-state index in [1.165, 1.54) is 5.56 Å². The van der Waals surface area contributed by atoms with Crippen molar-refractivity contribution in [2.45, 2.75) is 20.0 Å². The summed E-state index contributed by atoms with van der Waals surface area (Å²) in [6, 6.07) is 25.5. The van der Waals surface area contributed by atoms with Gasteiger partial charge in [0.05, 0.1) is 0 Å². The van der Waals surface area contributed by atoms with Gasteiger partial charge in [0, 0.05) is 12.0 Å². The minimum absolute atomic E-state index is 0.104. The number of carbonyl (C=O) groups is 1. The largest absolute Gasteiger partial charge is 0.482 e. The fourth-order valence-electron chi connectivity index (χ4n) is 3.13. The second kappa shape index (κ2) is 9.71. The van der Waals surface area contributed by atoms with Crippen LogP contribution in [0.25, 0.3) is 11.5 Å². The Kier molecular flexibility index (Phi) is 6.38. The summed E-state index contributed by atoms with van der Waals surface area (Å²) < 4.78 is 16.5. The Hall–Kier alpha value is -3.93. The number of hydrogen-bond acceptors (Lipinski definition) is 6. The number of rotatable bonds is 8. The van der Waals surface area contributed by atoms with Crippen LogP contribution >= 0.6 is 0 Å². The summed E-state index contributed by atoms with van der Waals surface area (Å²) in [6.45, 7) is 1.68. The molecule has 0 aliphatic heterocycles. The first kappa shape index (κ1) is 20.3. The van der Waals surface area contributed by atoms with Crippen molar-refractivity contribution in [1.82, 2.24) is 10.2 Å². The van der Waals surface area contributed by atoms with E-state index in [4.69, 9.17) is 13.9 Å². The molecule has 0 N–H and O–H groups in total. The van der Waals surface area contributed by atoms with Gasteiger partial charge >= 0.3 is 5.97 Å². The lowest BCUT2D eigenvalue weighted by Crippen LogP contribution is -2.15. The summed E-state index contributed by atoms with van der Waals surface area (Å²) in [7, 11) is 0. The highest BCUT2D eigenvalue weighted by molar-refractivity contribution is 5.71. The van der Waals surface area contributed by atoms with Crippen molar-refractivity contribution in [2.75, 3.05) is 6.61 Å². The molecule has 0 spiro atoms. The van der Waals surface area contributed by atoms with Gasteiger partial charge in [-0.25, -0.2) is 4.79 Å². The summed E-state index contributed by atoms with van der Waals surface area (Å²) in [4.78, 5) is 12.1. The third kappa shape index (κ3) is 5.57. The lowest BCUT2D eigenvalue weighted by atomic mass is 10.0. The molecule has 1 aromatic heterocycles. The van der Waals surface area contributed by atoms with Crippen molar-refractivity contribution in [1.29, 1.82) is 0 Å². The summed E-state index contributed by atoms with van der Waals surface area (Å²) in [6.07, 6.45) is 0.718. The van der Waals surface area contributed by atoms with Gasteiger partial charge < -0.3 is 13.9 Å². The molecule has 0 unspecified atom stereocenters. The van der Waals surface area contributed by atoms with E-state index in [1.54, 1.807) is 0 Å². The number of esters is 1. The van der Waals surface area contributed by atoms with Gasteiger partial charge in [0.15, 0.2) is 13.2 Å². The third-order valence-electron chi connectivity index (χ3n) is 4.64. The Morgan fingerprint density at radius 2 is 1.74 bits per heavy atom. The molecule has 0 aliphatic rings. The maximum Gasteiger partial charge on any atom is 0.344 e. The Labute approximate surface area is 180 Å². The number of aryl methyl sites for hydroxylation is 1. The first-order chi connectivity index (χ1) is 15.2. The van der Waals surface area contributed by atoms with E-state index in [-0.39, 0.29) is 19.1 Å². The number of ether oxygens (including phenoxy) is 2. The Balaban J connectivity index is 1.30. The molecule has 1 heterocycles. The van der Waals surface area contributed by atoms with Crippen LogP contribution in [0.3, 0.4) is 0 Å². The molecule has 0 aliphatic carbocycles. The molecule has 156 valence electrons. The molecule has 0 fully saturated rings. The average molecular weight is 414 g/mol. The number of hydrogen-bond donors (Lipinski definition) is 0. The molecule has 6 nitrogen and oxygen atoms in total. The van der Waals surface area contributed by atoms with E-state index in [1.807, 2.05) is 73.7 Å². The highest BCUT2D eigenvalue weighted by Gasteiger charge is 2.12. The van der Waals surface area contributed by atoms with Crippen molar-refractivity contribution in [3.8, 4) is 17.2 Å². The van der Waals surface area contributed by atoms with Crippen LogP contribution in [0, 0.1) is 6.92 Å².